The maximum Gasteiger partial charge on any atom is 0.119 e. The number of methoxy groups -OCH3 is 1. The number of nitrogens with two attached hydrogens (primary N) is 1. The highest BCUT2D eigenvalue weighted by molar-refractivity contribution is 5.31. The molecule has 6 heteroatoms. The van der Waals surface area contributed by atoms with Gasteiger partial charge >= 0.3 is 0 Å². The molecule has 23 heavy (non-hydrogen) atoms. The smallest absolute Gasteiger partial charge is 0.119 e. The van der Waals surface area contributed by atoms with E-state index in [0.717, 1.165) is 49.4 Å². The largest absolute Gasteiger partial charge is 0.497 e. The average molecular weight is 318 g/mol. The number of hydrogen-bond acceptors (Lipinski definition) is 5. The number of benzene rings is 1. The van der Waals surface area contributed by atoms with E-state index in [9.17, 15) is 0 Å². The van der Waals surface area contributed by atoms with E-state index in [1.165, 1.54) is 5.69 Å². The van der Waals surface area contributed by atoms with Crippen LogP contribution < -0.4 is 15.2 Å². The number of unbranched alkanes of at least 4 members (excludes halogenated alkanes) is 1. The lowest BCUT2D eigenvalue weighted by molar-refractivity contribution is 0.296. The van der Waals surface area contributed by atoms with E-state index >= 15 is 0 Å². The van der Waals surface area contributed by atoms with Gasteiger partial charge in [0.2, 0.25) is 0 Å². The van der Waals surface area contributed by atoms with Gasteiger partial charge in [0, 0.05) is 19.5 Å². The SMILES string of the molecule is CCCCc1c(CN)nnn1CCCOc1ccc(OC)cc1. The van der Waals surface area contributed by atoms with Crippen LogP contribution in [0.15, 0.2) is 24.3 Å². The maximum absolute atomic E-state index is 5.74. The van der Waals surface area contributed by atoms with Crippen LogP contribution in [0.3, 0.4) is 0 Å². The van der Waals surface area contributed by atoms with Gasteiger partial charge in [0.05, 0.1) is 25.1 Å². The first-order chi connectivity index (χ1) is 11.3. The van der Waals surface area contributed by atoms with Gasteiger partial charge < -0.3 is 15.2 Å². The number of hydrogen-bond donors (Lipinski definition) is 1. The van der Waals surface area contributed by atoms with Gasteiger partial charge in [0.25, 0.3) is 0 Å². The molecule has 0 radical (unpaired) electrons. The number of aryl methyl sites for hydroxylation is 1. The van der Waals surface area contributed by atoms with E-state index in [1.54, 1.807) is 7.11 Å². The van der Waals surface area contributed by atoms with Crippen molar-refractivity contribution in [3.8, 4) is 11.5 Å². The molecule has 0 bridgehead atoms. The molecule has 0 fully saturated rings. The lowest BCUT2D eigenvalue weighted by atomic mass is 10.1. The van der Waals surface area contributed by atoms with Crippen molar-refractivity contribution in [3.63, 3.8) is 0 Å². The van der Waals surface area contributed by atoms with Gasteiger partial charge in [-0.25, -0.2) is 4.68 Å². The normalized spacial score (nSPS) is 10.7. The van der Waals surface area contributed by atoms with Gasteiger partial charge in [-0.05, 0) is 37.1 Å². The summed E-state index contributed by atoms with van der Waals surface area (Å²) >= 11 is 0. The van der Waals surface area contributed by atoms with E-state index in [0.29, 0.717) is 13.2 Å². The Morgan fingerprint density at radius 3 is 2.52 bits per heavy atom. The summed E-state index contributed by atoms with van der Waals surface area (Å²) in [6, 6.07) is 7.60. The zero-order valence-electron chi connectivity index (χ0n) is 14.0. The maximum atomic E-state index is 5.74. The summed E-state index contributed by atoms with van der Waals surface area (Å²) in [6.45, 7) is 4.06. The number of rotatable bonds is 10. The fraction of sp³-hybridized carbons (Fsp3) is 0.529. The van der Waals surface area contributed by atoms with Crippen molar-refractivity contribution < 1.29 is 9.47 Å². The van der Waals surface area contributed by atoms with Crippen LogP contribution in [0.25, 0.3) is 0 Å². The Kier molecular flexibility index (Phi) is 6.87. The molecular weight excluding hydrogens is 292 g/mol. The molecule has 2 N–H and O–H groups in total. The highest BCUT2D eigenvalue weighted by Crippen LogP contribution is 2.17. The van der Waals surface area contributed by atoms with E-state index in [1.807, 2.05) is 28.9 Å². The predicted octanol–water partition coefficient (Wildman–Crippen LogP) is 2.56. The molecule has 0 spiro atoms. The molecule has 0 saturated heterocycles. The first-order valence-corrected chi connectivity index (χ1v) is 8.16. The zero-order chi connectivity index (χ0) is 16.5. The van der Waals surface area contributed by atoms with E-state index < -0.39 is 0 Å². The molecule has 0 unspecified atom stereocenters. The second-order valence-electron chi connectivity index (χ2n) is 5.39. The van der Waals surface area contributed by atoms with Crippen molar-refractivity contribution in [2.75, 3.05) is 13.7 Å². The van der Waals surface area contributed by atoms with Crippen LogP contribution in [0, 0.1) is 0 Å². The van der Waals surface area contributed by atoms with Crippen molar-refractivity contribution in [2.45, 2.75) is 45.7 Å². The Labute approximate surface area is 137 Å². The minimum atomic E-state index is 0.446. The molecule has 0 aliphatic heterocycles. The summed E-state index contributed by atoms with van der Waals surface area (Å²) in [7, 11) is 1.65. The van der Waals surface area contributed by atoms with Gasteiger partial charge in [0.1, 0.15) is 11.5 Å². The van der Waals surface area contributed by atoms with Crippen LogP contribution in [0.4, 0.5) is 0 Å². The summed E-state index contributed by atoms with van der Waals surface area (Å²) < 4.78 is 12.8. The Hall–Kier alpha value is -2.08. The quantitative estimate of drug-likeness (QED) is 0.681. The molecule has 1 aromatic carbocycles. The third kappa shape index (κ3) is 4.96. The third-order valence-electron chi connectivity index (χ3n) is 3.72. The molecular formula is C17H26N4O2. The topological polar surface area (TPSA) is 75.2 Å². The van der Waals surface area contributed by atoms with Gasteiger partial charge in [-0.15, -0.1) is 5.10 Å². The van der Waals surface area contributed by atoms with Gasteiger partial charge in [0.15, 0.2) is 0 Å². The Morgan fingerprint density at radius 1 is 1.13 bits per heavy atom. The van der Waals surface area contributed by atoms with Gasteiger partial charge in [-0.2, -0.15) is 0 Å². The van der Waals surface area contributed by atoms with E-state index in [4.69, 9.17) is 15.2 Å². The fourth-order valence-electron chi connectivity index (χ4n) is 2.40. The van der Waals surface area contributed by atoms with Crippen molar-refractivity contribution in [1.82, 2.24) is 15.0 Å². The summed E-state index contributed by atoms with van der Waals surface area (Å²) in [6.07, 6.45) is 4.13. The molecule has 0 saturated carbocycles. The molecule has 0 amide bonds. The monoisotopic (exact) mass is 318 g/mol. The Balaban J connectivity index is 1.82. The van der Waals surface area contributed by atoms with Crippen LogP contribution in [0.1, 0.15) is 37.6 Å². The van der Waals surface area contributed by atoms with Crippen LogP contribution in [-0.4, -0.2) is 28.7 Å². The summed E-state index contributed by atoms with van der Waals surface area (Å²) in [5.74, 6) is 1.67. The molecule has 2 aromatic rings. The molecule has 126 valence electrons. The van der Waals surface area contributed by atoms with Crippen LogP contribution in [0.5, 0.6) is 11.5 Å². The van der Waals surface area contributed by atoms with Gasteiger partial charge in [-0.3, -0.25) is 0 Å². The fourth-order valence-corrected chi connectivity index (χ4v) is 2.40. The summed E-state index contributed by atoms with van der Waals surface area (Å²) in [4.78, 5) is 0. The van der Waals surface area contributed by atoms with Crippen LogP contribution in [0.2, 0.25) is 0 Å². The first-order valence-electron chi connectivity index (χ1n) is 8.16. The zero-order valence-corrected chi connectivity index (χ0v) is 14.0. The van der Waals surface area contributed by atoms with Crippen molar-refractivity contribution in [2.24, 2.45) is 5.73 Å². The second kappa shape index (κ2) is 9.15. The number of ether oxygens (including phenoxy) is 2. The number of aromatic nitrogens is 3. The van der Waals surface area contributed by atoms with Crippen LogP contribution in [-0.2, 0) is 19.5 Å². The standard InChI is InChI=1S/C17H26N4O2/c1-3-4-6-17-16(13-18)19-20-21(17)11-5-12-23-15-9-7-14(22-2)8-10-15/h7-10H,3-6,11-13,18H2,1-2H3. The van der Waals surface area contributed by atoms with Crippen molar-refractivity contribution in [3.05, 3.63) is 35.7 Å². The number of nitrogens with zero attached hydrogens (tertiary/aromatic N) is 3. The summed E-state index contributed by atoms with van der Waals surface area (Å²) in [5, 5.41) is 8.40. The van der Waals surface area contributed by atoms with Crippen molar-refractivity contribution >= 4 is 0 Å². The molecule has 6 nitrogen and oxygen atoms in total. The summed E-state index contributed by atoms with van der Waals surface area (Å²) in [5.41, 5.74) is 7.82. The molecule has 0 aliphatic carbocycles. The minimum Gasteiger partial charge on any atom is -0.497 e. The average Bonchev–Trinajstić information content (AvgIpc) is 2.99. The van der Waals surface area contributed by atoms with Crippen LogP contribution >= 0.6 is 0 Å². The van der Waals surface area contributed by atoms with E-state index in [-0.39, 0.29) is 0 Å². The Bertz CT molecular complexity index is 581. The lowest BCUT2D eigenvalue weighted by Crippen LogP contribution is -2.10. The predicted molar refractivity (Wildman–Crippen MR) is 89.6 cm³/mol. The van der Waals surface area contributed by atoms with Crippen molar-refractivity contribution in [1.29, 1.82) is 0 Å². The molecule has 0 atom stereocenters. The van der Waals surface area contributed by atoms with Gasteiger partial charge in [-0.1, -0.05) is 18.6 Å². The molecule has 2 rings (SSSR count). The molecule has 1 heterocycles. The lowest BCUT2D eigenvalue weighted by Gasteiger charge is -2.09. The van der Waals surface area contributed by atoms with E-state index in [2.05, 4.69) is 17.2 Å². The Morgan fingerprint density at radius 2 is 1.87 bits per heavy atom. The first kappa shape index (κ1) is 17.3. The highest BCUT2D eigenvalue weighted by atomic mass is 16.5. The highest BCUT2D eigenvalue weighted by Gasteiger charge is 2.10. The third-order valence-corrected chi connectivity index (χ3v) is 3.72. The minimum absolute atomic E-state index is 0.446. The molecule has 1 aromatic heterocycles. The molecule has 0 aliphatic rings. The second-order valence-corrected chi connectivity index (χ2v) is 5.39.